The molecule has 0 fully saturated rings. The topological polar surface area (TPSA) is 84.5 Å². The predicted octanol–water partition coefficient (Wildman–Crippen LogP) is 4.21. The van der Waals surface area contributed by atoms with Crippen LogP contribution in [-0.4, -0.2) is 27.5 Å². The zero-order valence-electron chi connectivity index (χ0n) is 17.8. The Hall–Kier alpha value is -2.54. The van der Waals surface area contributed by atoms with E-state index in [1.807, 2.05) is 0 Å². The number of hydrogen-bond donors (Lipinski definition) is 2. The molecule has 7 heteroatoms. The first kappa shape index (κ1) is 22.7. The molecule has 0 spiro atoms. The highest BCUT2D eigenvalue weighted by Crippen LogP contribution is 2.23. The molecule has 0 aliphatic heterocycles. The quantitative estimate of drug-likeness (QED) is 0.672. The molecule has 0 saturated heterocycles. The minimum atomic E-state index is -3.79. The number of amides is 1. The molecule has 0 heterocycles. The zero-order valence-corrected chi connectivity index (χ0v) is 18.6. The summed E-state index contributed by atoms with van der Waals surface area (Å²) in [5, 5.41) is 3.06. The Morgan fingerprint density at radius 2 is 1.55 bits per heavy atom. The lowest BCUT2D eigenvalue weighted by molar-refractivity contribution is 0.0910. The first-order valence-corrected chi connectivity index (χ1v) is 11.1. The summed E-state index contributed by atoms with van der Waals surface area (Å²) < 4.78 is 33.1. The number of hydrogen-bond acceptors (Lipinski definition) is 4. The average Bonchev–Trinajstić information content (AvgIpc) is 2.67. The van der Waals surface area contributed by atoms with E-state index in [2.05, 4.69) is 37.7 Å². The van der Waals surface area contributed by atoms with E-state index in [4.69, 9.17) is 4.74 Å². The number of ether oxygens (including phenoxy) is 1. The predicted molar refractivity (Wildman–Crippen MR) is 116 cm³/mol. The van der Waals surface area contributed by atoms with Crippen LogP contribution in [0.3, 0.4) is 0 Å². The zero-order chi connectivity index (χ0) is 21.8. The Labute approximate surface area is 173 Å². The van der Waals surface area contributed by atoms with Gasteiger partial charge in [-0.15, -0.1) is 0 Å². The highest BCUT2D eigenvalue weighted by atomic mass is 32.2. The Morgan fingerprint density at radius 3 is 2.07 bits per heavy atom. The number of nitrogens with one attached hydrogen (secondary N) is 2. The van der Waals surface area contributed by atoms with Gasteiger partial charge >= 0.3 is 0 Å². The molecule has 2 aromatic carbocycles. The highest BCUT2D eigenvalue weighted by molar-refractivity contribution is 7.92. The lowest BCUT2D eigenvalue weighted by Gasteiger charge is -2.26. The summed E-state index contributed by atoms with van der Waals surface area (Å²) in [7, 11) is -2.27. The second-order valence-electron chi connectivity index (χ2n) is 7.80. The van der Waals surface area contributed by atoms with Crippen LogP contribution in [-0.2, 0) is 10.0 Å². The summed E-state index contributed by atoms with van der Waals surface area (Å²) in [5.41, 5.74) is 1.51. The van der Waals surface area contributed by atoms with Crippen molar-refractivity contribution in [3.63, 3.8) is 0 Å². The van der Waals surface area contributed by atoms with Gasteiger partial charge in [0, 0.05) is 11.6 Å². The van der Waals surface area contributed by atoms with E-state index in [1.54, 1.807) is 37.3 Å². The molecule has 6 nitrogen and oxygen atoms in total. The second-order valence-corrected chi connectivity index (χ2v) is 9.48. The van der Waals surface area contributed by atoms with Gasteiger partial charge in [-0.05, 0) is 60.7 Å². The van der Waals surface area contributed by atoms with Crippen LogP contribution in [0.15, 0.2) is 47.4 Å². The van der Waals surface area contributed by atoms with Gasteiger partial charge in [0.25, 0.3) is 15.9 Å². The van der Waals surface area contributed by atoms with Crippen LogP contribution >= 0.6 is 0 Å². The molecular weight excluding hydrogens is 388 g/mol. The van der Waals surface area contributed by atoms with Crippen molar-refractivity contribution in [1.29, 1.82) is 0 Å². The van der Waals surface area contributed by atoms with Gasteiger partial charge in [-0.2, -0.15) is 0 Å². The van der Waals surface area contributed by atoms with Gasteiger partial charge < -0.3 is 10.1 Å². The number of benzene rings is 2. The summed E-state index contributed by atoms with van der Waals surface area (Å²) in [6.07, 6.45) is 0. The normalized spacial score (nSPS) is 11.8. The minimum Gasteiger partial charge on any atom is -0.497 e. The number of methoxy groups -OCH3 is 1. The molecule has 158 valence electrons. The first-order chi connectivity index (χ1) is 13.5. The van der Waals surface area contributed by atoms with Crippen molar-refractivity contribution in [1.82, 2.24) is 5.32 Å². The molecule has 1 amide bonds. The Kier molecular flexibility index (Phi) is 7.30. The van der Waals surface area contributed by atoms with Crippen molar-refractivity contribution < 1.29 is 17.9 Å². The smallest absolute Gasteiger partial charge is 0.261 e. The van der Waals surface area contributed by atoms with Crippen LogP contribution in [0.5, 0.6) is 5.75 Å². The fourth-order valence-electron chi connectivity index (χ4n) is 3.17. The number of aryl methyl sites for hydroxylation is 1. The van der Waals surface area contributed by atoms with Crippen LogP contribution < -0.4 is 14.8 Å². The van der Waals surface area contributed by atoms with Crippen LogP contribution in [0.4, 0.5) is 5.69 Å². The molecule has 0 aliphatic rings. The second kappa shape index (κ2) is 9.31. The van der Waals surface area contributed by atoms with Gasteiger partial charge in [-0.1, -0.05) is 33.8 Å². The number of rotatable bonds is 8. The van der Waals surface area contributed by atoms with Crippen LogP contribution in [0.1, 0.15) is 43.6 Å². The average molecular weight is 419 g/mol. The van der Waals surface area contributed by atoms with E-state index >= 15 is 0 Å². The van der Waals surface area contributed by atoms with Crippen molar-refractivity contribution in [2.75, 3.05) is 11.8 Å². The van der Waals surface area contributed by atoms with E-state index in [-0.39, 0.29) is 28.7 Å². The van der Waals surface area contributed by atoms with Crippen LogP contribution in [0, 0.1) is 18.8 Å². The largest absolute Gasteiger partial charge is 0.497 e. The van der Waals surface area contributed by atoms with Gasteiger partial charge in [-0.25, -0.2) is 8.42 Å². The molecule has 0 bridgehead atoms. The molecule has 0 radical (unpaired) electrons. The summed E-state index contributed by atoms with van der Waals surface area (Å²) in [5.74, 6) is 0.931. The number of carbonyl (C=O) groups is 1. The van der Waals surface area contributed by atoms with Gasteiger partial charge in [0.05, 0.1) is 17.7 Å². The van der Waals surface area contributed by atoms with Crippen molar-refractivity contribution in [3.8, 4) is 5.75 Å². The third-order valence-electron chi connectivity index (χ3n) is 4.85. The summed E-state index contributed by atoms with van der Waals surface area (Å²) in [6, 6.07) is 11.2. The molecule has 0 unspecified atom stereocenters. The molecule has 2 N–H and O–H groups in total. The lowest BCUT2D eigenvalue weighted by Crippen LogP contribution is -2.42. The summed E-state index contributed by atoms with van der Waals surface area (Å²) >= 11 is 0. The minimum absolute atomic E-state index is 0.0308. The third-order valence-corrected chi connectivity index (χ3v) is 6.23. The van der Waals surface area contributed by atoms with Gasteiger partial charge in [0.2, 0.25) is 0 Å². The SMILES string of the molecule is COc1ccc(S(=O)(=O)Nc2cc(C(=O)NC(C(C)C)C(C)C)ccc2C)cc1. The van der Waals surface area contributed by atoms with E-state index in [0.717, 1.165) is 5.56 Å². The van der Waals surface area contributed by atoms with E-state index in [9.17, 15) is 13.2 Å². The lowest BCUT2D eigenvalue weighted by atomic mass is 9.93. The third kappa shape index (κ3) is 5.73. The standard InChI is InChI=1S/C22H30N2O4S/c1-14(2)21(15(3)4)23-22(25)17-8-7-16(5)20(13-17)24-29(26,27)19-11-9-18(28-6)10-12-19/h7-15,21,24H,1-6H3,(H,23,25). The van der Waals surface area contributed by atoms with Crippen molar-refractivity contribution in [3.05, 3.63) is 53.6 Å². The van der Waals surface area contributed by atoms with Gasteiger partial charge in [-0.3, -0.25) is 9.52 Å². The van der Waals surface area contributed by atoms with Gasteiger partial charge in [0.15, 0.2) is 0 Å². The van der Waals surface area contributed by atoms with Crippen molar-refractivity contribution in [2.45, 2.75) is 45.6 Å². The fourth-order valence-corrected chi connectivity index (χ4v) is 4.29. The molecule has 0 saturated carbocycles. The van der Waals surface area contributed by atoms with Crippen molar-refractivity contribution in [2.24, 2.45) is 11.8 Å². The van der Waals surface area contributed by atoms with E-state index < -0.39 is 10.0 Å². The number of sulfonamides is 1. The number of carbonyl (C=O) groups excluding carboxylic acids is 1. The maximum absolute atomic E-state index is 12.7. The van der Waals surface area contributed by atoms with Crippen molar-refractivity contribution >= 4 is 21.6 Å². The monoisotopic (exact) mass is 418 g/mol. The summed E-state index contributed by atoms with van der Waals surface area (Å²) in [6.45, 7) is 10.0. The molecule has 0 atom stereocenters. The Morgan fingerprint density at radius 1 is 0.966 bits per heavy atom. The van der Waals surface area contributed by atoms with E-state index in [0.29, 0.717) is 17.0 Å². The highest BCUT2D eigenvalue weighted by Gasteiger charge is 2.21. The maximum atomic E-state index is 12.7. The Bertz CT molecular complexity index is 943. The molecular formula is C22H30N2O4S. The fraction of sp³-hybridized carbons (Fsp3) is 0.409. The van der Waals surface area contributed by atoms with Gasteiger partial charge in [0.1, 0.15) is 5.75 Å². The maximum Gasteiger partial charge on any atom is 0.261 e. The molecule has 0 aromatic heterocycles. The van der Waals surface area contributed by atoms with Crippen LogP contribution in [0.2, 0.25) is 0 Å². The summed E-state index contributed by atoms with van der Waals surface area (Å²) in [4.78, 5) is 12.8. The molecule has 0 aliphatic carbocycles. The molecule has 2 rings (SSSR count). The molecule has 29 heavy (non-hydrogen) atoms. The van der Waals surface area contributed by atoms with E-state index in [1.165, 1.54) is 19.2 Å². The molecule has 2 aromatic rings. The number of anilines is 1. The Balaban J connectivity index is 2.27. The van der Waals surface area contributed by atoms with Crippen LogP contribution in [0.25, 0.3) is 0 Å². The first-order valence-electron chi connectivity index (χ1n) is 9.63.